The zero-order valence-electron chi connectivity index (χ0n) is 15.3. The molecule has 3 rings (SSSR count). The highest BCUT2D eigenvalue weighted by atomic mass is 32.2. The van der Waals surface area contributed by atoms with Gasteiger partial charge < -0.3 is 36.0 Å². The van der Waals surface area contributed by atoms with Gasteiger partial charge in [0.1, 0.15) is 17.5 Å². The van der Waals surface area contributed by atoms with Crippen molar-refractivity contribution in [2.75, 3.05) is 18.1 Å². The SMILES string of the molecule is C=CC1CSC2[C@@H](NC(=O)/C(=N/OCC(=O)O)c3cnc(N)[nH]3)C(=O)N2C1C(=O)O. The molecule has 2 fully saturated rings. The van der Waals surface area contributed by atoms with Crippen LogP contribution in [-0.2, 0) is 24.0 Å². The maximum atomic E-state index is 12.7. The molecule has 1 aromatic rings. The Balaban J connectivity index is 1.76. The van der Waals surface area contributed by atoms with Gasteiger partial charge in [-0.3, -0.25) is 9.59 Å². The molecule has 0 bridgehead atoms. The van der Waals surface area contributed by atoms with E-state index in [1.54, 1.807) is 0 Å². The van der Waals surface area contributed by atoms with E-state index >= 15 is 0 Å². The van der Waals surface area contributed by atoms with Crippen LogP contribution in [-0.4, -0.2) is 84.4 Å². The summed E-state index contributed by atoms with van der Waals surface area (Å²) in [7, 11) is 0. The first-order chi connectivity index (χ1) is 14.2. The number of nitrogens with two attached hydrogens (primary N) is 1. The Hall–Kier alpha value is -3.55. The maximum absolute atomic E-state index is 12.7. The highest BCUT2D eigenvalue weighted by Crippen LogP contribution is 2.41. The Kier molecular flexibility index (Phi) is 5.96. The smallest absolute Gasteiger partial charge is 0.344 e. The van der Waals surface area contributed by atoms with Crippen molar-refractivity contribution >= 4 is 47.2 Å². The van der Waals surface area contributed by atoms with E-state index in [-0.39, 0.29) is 17.4 Å². The number of hydrogen-bond acceptors (Lipinski definition) is 9. The van der Waals surface area contributed by atoms with E-state index in [4.69, 9.17) is 10.8 Å². The molecule has 3 heterocycles. The number of oxime groups is 1. The summed E-state index contributed by atoms with van der Waals surface area (Å²) in [5.41, 5.74) is 5.17. The van der Waals surface area contributed by atoms with Gasteiger partial charge in [-0.15, -0.1) is 18.3 Å². The minimum atomic E-state index is -1.30. The molecule has 3 unspecified atom stereocenters. The van der Waals surface area contributed by atoms with Crippen LogP contribution in [0.4, 0.5) is 5.95 Å². The van der Waals surface area contributed by atoms with Crippen LogP contribution in [0.2, 0.25) is 0 Å². The molecule has 2 aliphatic heterocycles. The predicted molar refractivity (Wildman–Crippen MR) is 103 cm³/mol. The average molecular weight is 438 g/mol. The highest BCUT2D eigenvalue weighted by Gasteiger charge is 2.57. The third-order valence-electron chi connectivity index (χ3n) is 4.50. The molecule has 0 saturated carbocycles. The summed E-state index contributed by atoms with van der Waals surface area (Å²) in [5, 5.41) is 23.6. The second-order valence-corrected chi connectivity index (χ2v) is 7.54. The fourth-order valence-corrected chi connectivity index (χ4v) is 4.64. The lowest BCUT2D eigenvalue weighted by Gasteiger charge is -2.53. The van der Waals surface area contributed by atoms with Crippen molar-refractivity contribution in [3.05, 3.63) is 24.5 Å². The number of β-lactam (4-membered cyclic amide) rings is 1. The van der Waals surface area contributed by atoms with Crippen molar-refractivity contribution in [2.45, 2.75) is 17.5 Å². The molecular weight excluding hydrogens is 420 g/mol. The van der Waals surface area contributed by atoms with E-state index in [1.807, 2.05) is 0 Å². The second kappa shape index (κ2) is 8.44. The van der Waals surface area contributed by atoms with Crippen molar-refractivity contribution in [3.8, 4) is 0 Å². The quantitative estimate of drug-likeness (QED) is 0.137. The average Bonchev–Trinajstić information content (AvgIpc) is 3.13. The second-order valence-electron chi connectivity index (χ2n) is 6.39. The van der Waals surface area contributed by atoms with Gasteiger partial charge >= 0.3 is 11.9 Å². The van der Waals surface area contributed by atoms with Gasteiger partial charge in [-0.2, -0.15) is 0 Å². The van der Waals surface area contributed by atoms with Crippen LogP contribution in [0.5, 0.6) is 0 Å². The van der Waals surface area contributed by atoms with Crippen LogP contribution in [0, 0.1) is 5.92 Å². The van der Waals surface area contributed by atoms with Gasteiger partial charge in [0, 0.05) is 11.7 Å². The van der Waals surface area contributed by atoms with E-state index in [0.717, 1.165) is 0 Å². The normalized spacial score (nSPS) is 25.7. The Bertz CT molecular complexity index is 931. The number of hydrogen-bond donors (Lipinski definition) is 5. The number of carbonyl (C=O) groups excluding carboxylic acids is 2. The Morgan fingerprint density at radius 3 is 2.80 bits per heavy atom. The number of carbonyl (C=O) groups is 4. The zero-order chi connectivity index (χ0) is 22.0. The standard InChI is InChI=1S/C16H18N6O7S/c1-2-6-5-30-14-10(13(26)22(14)11(6)15(27)28)20-12(25)9(21-29-4-8(23)24)7-3-18-16(17)19-7/h2-3,6,10-11,14H,1,4-5H2,(H,20,25)(H,23,24)(H,27,28)(H3,17,18,19)/b21-9+/t6?,10-,11?,14?/m0/s1. The number of H-pyrrole nitrogens is 1. The molecule has 0 aliphatic carbocycles. The number of fused-ring (bicyclic) bond motifs is 1. The molecule has 160 valence electrons. The molecule has 4 atom stereocenters. The number of nitrogens with zero attached hydrogens (tertiary/aromatic N) is 3. The minimum Gasteiger partial charge on any atom is -0.480 e. The monoisotopic (exact) mass is 438 g/mol. The number of carboxylic acid groups (broad SMARTS) is 2. The van der Waals surface area contributed by atoms with E-state index in [1.165, 1.54) is 28.9 Å². The van der Waals surface area contributed by atoms with Gasteiger partial charge in [0.25, 0.3) is 5.91 Å². The van der Waals surface area contributed by atoms with E-state index < -0.39 is 53.7 Å². The van der Waals surface area contributed by atoms with Crippen LogP contribution < -0.4 is 11.1 Å². The molecule has 13 nitrogen and oxygen atoms in total. The molecule has 2 aliphatic rings. The Morgan fingerprint density at radius 2 is 2.23 bits per heavy atom. The summed E-state index contributed by atoms with van der Waals surface area (Å²) in [6.07, 6.45) is 2.69. The molecule has 0 aromatic carbocycles. The number of nitrogens with one attached hydrogen (secondary N) is 2. The Morgan fingerprint density at radius 1 is 1.50 bits per heavy atom. The molecule has 0 spiro atoms. The summed E-state index contributed by atoms with van der Waals surface area (Å²) in [6.45, 7) is 2.82. The summed E-state index contributed by atoms with van der Waals surface area (Å²) in [6, 6.07) is -2.05. The van der Waals surface area contributed by atoms with Crippen LogP contribution >= 0.6 is 11.8 Å². The number of imidazole rings is 1. The van der Waals surface area contributed by atoms with Crippen molar-refractivity contribution in [1.82, 2.24) is 20.2 Å². The number of rotatable bonds is 8. The lowest BCUT2D eigenvalue weighted by atomic mass is 9.93. The third kappa shape index (κ3) is 3.94. The number of thioether (sulfide) groups is 1. The molecule has 2 saturated heterocycles. The summed E-state index contributed by atoms with van der Waals surface area (Å²) in [4.78, 5) is 59.7. The van der Waals surface area contributed by atoms with Crippen molar-refractivity contribution in [2.24, 2.45) is 11.1 Å². The first-order valence-electron chi connectivity index (χ1n) is 8.57. The van der Waals surface area contributed by atoms with Gasteiger partial charge in [0.15, 0.2) is 11.7 Å². The van der Waals surface area contributed by atoms with Crippen LogP contribution in [0.15, 0.2) is 24.0 Å². The number of aliphatic carboxylic acids is 2. The third-order valence-corrected chi connectivity index (χ3v) is 5.91. The van der Waals surface area contributed by atoms with Gasteiger partial charge in [-0.25, -0.2) is 14.6 Å². The van der Waals surface area contributed by atoms with Gasteiger partial charge in [0.05, 0.1) is 11.9 Å². The van der Waals surface area contributed by atoms with Gasteiger partial charge in [-0.1, -0.05) is 11.2 Å². The Labute approximate surface area is 173 Å². The fourth-order valence-electron chi connectivity index (χ4n) is 3.13. The number of nitrogen functional groups attached to an aromatic ring is 1. The first-order valence-corrected chi connectivity index (χ1v) is 9.62. The molecule has 14 heteroatoms. The van der Waals surface area contributed by atoms with Crippen LogP contribution in [0.1, 0.15) is 5.69 Å². The highest BCUT2D eigenvalue weighted by molar-refractivity contribution is 8.00. The number of anilines is 1. The predicted octanol–water partition coefficient (Wildman–Crippen LogP) is -1.55. The van der Waals surface area contributed by atoms with E-state index in [9.17, 15) is 24.3 Å². The molecule has 30 heavy (non-hydrogen) atoms. The number of aromatic nitrogens is 2. The molecule has 6 N–H and O–H groups in total. The summed E-state index contributed by atoms with van der Waals surface area (Å²) < 4.78 is 0. The first kappa shape index (κ1) is 21.2. The fraction of sp³-hybridized carbons (Fsp3) is 0.375. The number of amides is 2. The van der Waals surface area contributed by atoms with Crippen molar-refractivity contribution in [3.63, 3.8) is 0 Å². The minimum absolute atomic E-state index is 0.0165. The molecule has 1 aromatic heterocycles. The van der Waals surface area contributed by atoms with E-state index in [0.29, 0.717) is 5.75 Å². The van der Waals surface area contributed by atoms with Crippen LogP contribution in [0.3, 0.4) is 0 Å². The molecule has 2 amide bonds. The summed E-state index contributed by atoms with van der Waals surface area (Å²) >= 11 is 1.32. The topological polar surface area (TPSA) is 200 Å². The van der Waals surface area contributed by atoms with E-state index in [2.05, 4.69) is 31.9 Å². The largest absolute Gasteiger partial charge is 0.480 e. The zero-order valence-corrected chi connectivity index (χ0v) is 16.2. The summed E-state index contributed by atoms with van der Waals surface area (Å²) in [5.74, 6) is -3.88. The number of carboxylic acids is 2. The lowest BCUT2D eigenvalue weighted by Crippen LogP contribution is -2.76. The number of aromatic amines is 1. The lowest BCUT2D eigenvalue weighted by molar-refractivity contribution is -0.163. The van der Waals surface area contributed by atoms with Crippen LogP contribution in [0.25, 0.3) is 0 Å². The maximum Gasteiger partial charge on any atom is 0.344 e. The van der Waals surface area contributed by atoms with Gasteiger partial charge in [0.2, 0.25) is 12.5 Å². The van der Waals surface area contributed by atoms with Gasteiger partial charge in [-0.05, 0) is 0 Å². The molecule has 0 radical (unpaired) electrons. The van der Waals surface area contributed by atoms with Crippen molar-refractivity contribution < 1.29 is 34.2 Å². The van der Waals surface area contributed by atoms with Crippen molar-refractivity contribution in [1.29, 1.82) is 0 Å². The molecular formula is C16H18N6O7S.